The molecule has 0 saturated heterocycles. The van der Waals surface area contributed by atoms with Gasteiger partial charge in [-0.15, -0.1) is 0 Å². The maximum absolute atomic E-state index is 14.1. The highest BCUT2D eigenvalue weighted by atomic mass is 16.6. The van der Waals surface area contributed by atoms with Crippen LogP contribution in [0, 0.1) is 5.41 Å². The Morgan fingerprint density at radius 3 is 2.16 bits per heavy atom. The largest absolute Gasteiger partial charge is 0.493 e. The highest BCUT2D eigenvalue weighted by Gasteiger charge is 2.56. The van der Waals surface area contributed by atoms with Gasteiger partial charge in [-0.3, -0.25) is 19.7 Å². The zero-order valence-corrected chi connectivity index (χ0v) is 20.1. The summed E-state index contributed by atoms with van der Waals surface area (Å²) in [4.78, 5) is 65.1. The van der Waals surface area contributed by atoms with Gasteiger partial charge in [0.1, 0.15) is 17.8 Å². The fourth-order valence-electron chi connectivity index (χ4n) is 4.32. The number of fused-ring (bicyclic) bond motifs is 1. The first-order valence-corrected chi connectivity index (χ1v) is 11.7. The van der Waals surface area contributed by atoms with E-state index in [0.717, 1.165) is 0 Å². The van der Waals surface area contributed by atoms with E-state index in [4.69, 9.17) is 19.9 Å². The van der Waals surface area contributed by atoms with Crippen molar-refractivity contribution in [1.82, 2.24) is 5.32 Å². The van der Waals surface area contributed by atoms with Crippen LogP contribution in [-0.2, 0) is 9.47 Å². The van der Waals surface area contributed by atoms with Gasteiger partial charge in [-0.1, -0.05) is 60.7 Å². The molecule has 194 valence electrons. The van der Waals surface area contributed by atoms with Crippen molar-refractivity contribution in [3.05, 3.63) is 102 Å². The van der Waals surface area contributed by atoms with Crippen LogP contribution in [0.2, 0.25) is 0 Å². The number of imide groups is 1. The Morgan fingerprint density at radius 2 is 1.50 bits per heavy atom. The lowest BCUT2D eigenvalue weighted by Gasteiger charge is -2.36. The van der Waals surface area contributed by atoms with Crippen LogP contribution in [0.15, 0.2) is 84.9 Å². The average Bonchev–Trinajstić information content (AvgIpc) is 3.08. The molecule has 2 unspecified atom stereocenters. The van der Waals surface area contributed by atoms with Crippen molar-refractivity contribution in [1.29, 1.82) is 0 Å². The van der Waals surface area contributed by atoms with Gasteiger partial charge in [-0.05, 0) is 24.3 Å². The number of Topliss-reactive ketones (excluding diaryl/α,β-unsaturated/α-hetero) is 2. The van der Waals surface area contributed by atoms with Crippen LogP contribution < -0.4 is 15.8 Å². The molecule has 10 nitrogen and oxygen atoms in total. The average molecular weight is 517 g/mol. The number of para-hydroxylation sites is 1. The second kappa shape index (κ2) is 11.4. The summed E-state index contributed by atoms with van der Waals surface area (Å²) < 4.78 is 16.2. The summed E-state index contributed by atoms with van der Waals surface area (Å²) in [5.41, 5.74) is 3.52. The third-order valence-corrected chi connectivity index (χ3v) is 6.16. The molecule has 0 spiro atoms. The predicted octanol–water partition coefficient (Wildman–Crippen LogP) is 3.55. The monoisotopic (exact) mass is 516 g/mol. The van der Waals surface area contributed by atoms with Crippen molar-refractivity contribution in [3.8, 4) is 5.75 Å². The van der Waals surface area contributed by atoms with Crippen LogP contribution in [-0.4, -0.2) is 49.0 Å². The fourth-order valence-corrected chi connectivity index (χ4v) is 4.32. The molecule has 0 aliphatic carbocycles. The van der Waals surface area contributed by atoms with Gasteiger partial charge in [0.25, 0.3) is 5.91 Å². The van der Waals surface area contributed by atoms with Gasteiger partial charge in [0, 0.05) is 17.5 Å². The number of hydrogen-bond acceptors (Lipinski definition) is 8. The Kier molecular flexibility index (Phi) is 7.81. The summed E-state index contributed by atoms with van der Waals surface area (Å²) in [7, 11) is 0. The van der Waals surface area contributed by atoms with Crippen LogP contribution in [0.1, 0.15) is 37.5 Å². The molecule has 0 aromatic heterocycles. The molecule has 0 saturated carbocycles. The number of rotatable bonds is 7. The third-order valence-electron chi connectivity index (χ3n) is 6.16. The number of nitrogens with two attached hydrogens (primary N) is 1. The van der Waals surface area contributed by atoms with E-state index in [1.807, 2.05) is 0 Å². The molecule has 1 heterocycles. The van der Waals surface area contributed by atoms with E-state index in [-0.39, 0.29) is 35.5 Å². The number of nitrogens with one attached hydrogen (secondary N) is 1. The van der Waals surface area contributed by atoms with Crippen LogP contribution in [0.25, 0.3) is 0 Å². The van der Waals surface area contributed by atoms with E-state index in [1.165, 1.54) is 30.3 Å². The minimum atomic E-state index is -2.07. The molecule has 3 amide bonds. The zero-order chi connectivity index (χ0) is 27.1. The lowest BCUT2D eigenvalue weighted by atomic mass is 9.68. The van der Waals surface area contributed by atoms with Crippen molar-refractivity contribution >= 4 is 29.7 Å². The molecule has 3 aromatic rings. The SMILES string of the molecule is NC(=O)OCC(OC(=O)NC(=O)c1ccccc1)C1(C(=O)c2ccccc2)CCOc2ccccc2C1=O. The normalized spacial score (nSPS) is 17.1. The van der Waals surface area contributed by atoms with Crippen molar-refractivity contribution in [2.45, 2.75) is 12.5 Å². The molecule has 38 heavy (non-hydrogen) atoms. The van der Waals surface area contributed by atoms with Crippen LogP contribution in [0.3, 0.4) is 0 Å². The molecule has 3 aromatic carbocycles. The van der Waals surface area contributed by atoms with Crippen molar-refractivity contribution in [2.24, 2.45) is 11.1 Å². The number of ether oxygens (including phenoxy) is 3. The number of ketones is 2. The standard InChI is InChI=1S/C28H24N2O8/c29-26(34)37-17-22(38-27(35)30-25(33)19-11-5-2-6-12-19)28(23(31)18-9-3-1-4-10-18)15-16-36-21-14-8-7-13-20(21)24(28)32/h1-14,22H,15-17H2,(H2,29,34)(H,30,33,35). The number of hydrogen-bond donors (Lipinski definition) is 2. The summed E-state index contributed by atoms with van der Waals surface area (Å²) >= 11 is 0. The van der Waals surface area contributed by atoms with Gasteiger partial charge in [0.05, 0.1) is 12.2 Å². The van der Waals surface area contributed by atoms with Gasteiger partial charge in [-0.25, -0.2) is 9.59 Å². The van der Waals surface area contributed by atoms with Gasteiger partial charge < -0.3 is 19.9 Å². The molecule has 3 N–H and O–H groups in total. The second-order valence-corrected chi connectivity index (χ2v) is 8.43. The van der Waals surface area contributed by atoms with Gasteiger partial charge in [-0.2, -0.15) is 0 Å². The molecule has 0 radical (unpaired) electrons. The molecular weight excluding hydrogens is 492 g/mol. The summed E-state index contributed by atoms with van der Waals surface area (Å²) in [6.45, 7) is -0.822. The molecule has 2 atom stereocenters. The molecule has 4 rings (SSSR count). The van der Waals surface area contributed by atoms with E-state index < -0.39 is 47.8 Å². The number of carbonyl (C=O) groups is 5. The van der Waals surface area contributed by atoms with Crippen LogP contribution in [0.5, 0.6) is 5.75 Å². The lowest BCUT2D eigenvalue weighted by Crippen LogP contribution is -2.54. The van der Waals surface area contributed by atoms with Crippen LogP contribution >= 0.6 is 0 Å². The molecule has 1 aliphatic rings. The van der Waals surface area contributed by atoms with Gasteiger partial charge in [0.15, 0.2) is 17.7 Å². The maximum Gasteiger partial charge on any atom is 0.414 e. The summed E-state index contributed by atoms with van der Waals surface area (Å²) in [6.07, 6.45) is -4.34. The Morgan fingerprint density at radius 1 is 0.895 bits per heavy atom. The van der Waals surface area contributed by atoms with E-state index in [9.17, 15) is 24.0 Å². The third kappa shape index (κ3) is 5.39. The topological polar surface area (TPSA) is 151 Å². The predicted molar refractivity (Wildman–Crippen MR) is 134 cm³/mol. The minimum absolute atomic E-state index is 0.0859. The lowest BCUT2D eigenvalue weighted by molar-refractivity contribution is -0.0178. The Bertz CT molecular complexity index is 1360. The number of amides is 3. The van der Waals surface area contributed by atoms with Gasteiger partial charge >= 0.3 is 12.2 Å². The van der Waals surface area contributed by atoms with Gasteiger partial charge in [0.2, 0.25) is 0 Å². The summed E-state index contributed by atoms with van der Waals surface area (Å²) in [5.74, 6) is -1.89. The number of carbonyl (C=O) groups excluding carboxylic acids is 5. The Hall–Kier alpha value is -4.99. The van der Waals surface area contributed by atoms with E-state index in [1.54, 1.807) is 54.6 Å². The maximum atomic E-state index is 14.1. The number of benzene rings is 3. The quantitative estimate of drug-likeness (QED) is 0.357. The van der Waals surface area contributed by atoms with E-state index in [0.29, 0.717) is 0 Å². The summed E-state index contributed by atoms with van der Waals surface area (Å²) in [6, 6.07) is 22.2. The zero-order valence-electron chi connectivity index (χ0n) is 20.1. The first kappa shape index (κ1) is 26.1. The Balaban J connectivity index is 1.76. The second-order valence-electron chi connectivity index (χ2n) is 8.43. The highest BCUT2D eigenvalue weighted by molar-refractivity contribution is 6.21. The molecule has 10 heteroatoms. The highest BCUT2D eigenvalue weighted by Crippen LogP contribution is 2.41. The molecule has 0 fully saturated rings. The Labute approximate surface area is 217 Å². The van der Waals surface area contributed by atoms with E-state index >= 15 is 0 Å². The molecule has 0 bridgehead atoms. The van der Waals surface area contributed by atoms with Crippen molar-refractivity contribution in [2.75, 3.05) is 13.2 Å². The van der Waals surface area contributed by atoms with Crippen LogP contribution in [0.4, 0.5) is 9.59 Å². The van der Waals surface area contributed by atoms with Crippen molar-refractivity contribution < 1.29 is 38.2 Å². The first-order valence-electron chi connectivity index (χ1n) is 11.7. The minimum Gasteiger partial charge on any atom is -0.493 e. The fraction of sp³-hybridized carbons (Fsp3) is 0.179. The summed E-state index contributed by atoms with van der Waals surface area (Å²) in [5, 5.41) is 2.07. The molecule has 1 aliphatic heterocycles. The van der Waals surface area contributed by atoms with E-state index in [2.05, 4.69) is 5.32 Å². The molecular formula is C28H24N2O8. The first-order chi connectivity index (χ1) is 18.3. The number of primary amides is 1. The number of alkyl carbamates (subject to hydrolysis) is 1. The smallest absolute Gasteiger partial charge is 0.414 e. The van der Waals surface area contributed by atoms with Crippen molar-refractivity contribution in [3.63, 3.8) is 0 Å².